The molecule has 0 unspecified atom stereocenters. The molecule has 0 aromatic heterocycles. The van der Waals surface area contributed by atoms with Crippen LogP contribution in [0.4, 0.5) is 5.69 Å². The third-order valence-corrected chi connectivity index (χ3v) is 4.19. The predicted octanol–water partition coefficient (Wildman–Crippen LogP) is 3.83. The van der Waals surface area contributed by atoms with Gasteiger partial charge in [0.05, 0.1) is 26.6 Å². The highest BCUT2D eigenvalue weighted by Gasteiger charge is 2.08. The van der Waals surface area contributed by atoms with E-state index in [4.69, 9.17) is 14.2 Å². The molecule has 6 heteroatoms. The first-order valence-corrected chi connectivity index (χ1v) is 8.52. The fraction of sp³-hybridized carbons (Fsp3) is 0.278. The third kappa shape index (κ3) is 5.09. The van der Waals surface area contributed by atoms with Crippen LogP contribution < -0.4 is 19.5 Å². The van der Waals surface area contributed by atoms with Gasteiger partial charge in [0.15, 0.2) is 11.5 Å². The number of hydrogen-bond donors (Lipinski definition) is 1. The first-order chi connectivity index (χ1) is 11.7. The van der Waals surface area contributed by atoms with E-state index in [1.165, 1.54) is 11.8 Å². The molecule has 0 saturated carbocycles. The fourth-order valence-corrected chi connectivity index (χ4v) is 2.74. The highest BCUT2D eigenvalue weighted by atomic mass is 32.2. The van der Waals surface area contributed by atoms with Gasteiger partial charge >= 0.3 is 0 Å². The van der Waals surface area contributed by atoms with Crippen LogP contribution in [0.3, 0.4) is 0 Å². The van der Waals surface area contributed by atoms with Crippen molar-refractivity contribution in [3.63, 3.8) is 0 Å². The Hall–Kier alpha value is -2.34. The molecule has 0 aliphatic heterocycles. The SMILES string of the molecule is CCOc1ccc(NC(=O)CSc2ccc(OC)cc2)cc1OC. The molecule has 0 bridgehead atoms. The fourth-order valence-electron chi connectivity index (χ4n) is 2.04. The molecule has 0 spiro atoms. The molecule has 5 nitrogen and oxygen atoms in total. The number of benzene rings is 2. The molecular weight excluding hydrogens is 326 g/mol. The predicted molar refractivity (Wildman–Crippen MR) is 96.5 cm³/mol. The van der Waals surface area contributed by atoms with Crippen LogP contribution in [0.5, 0.6) is 17.2 Å². The Bertz CT molecular complexity index is 673. The van der Waals surface area contributed by atoms with Gasteiger partial charge in [-0.15, -0.1) is 11.8 Å². The second kappa shape index (κ2) is 9.08. The highest BCUT2D eigenvalue weighted by molar-refractivity contribution is 8.00. The topological polar surface area (TPSA) is 56.8 Å². The Morgan fingerprint density at radius 3 is 2.42 bits per heavy atom. The lowest BCUT2D eigenvalue weighted by atomic mass is 10.2. The summed E-state index contributed by atoms with van der Waals surface area (Å²) in [5.41, 5.74) is 0.677. The van der Waals surface area contributed by atoms with Crippen molar-refractivity contribution in [2.75, 3.05) is 31.9 Å². The molecule has 1 amide bonds. The zero-order chi connectivity index (χ0) is 17.4. The number of nitrogens with one attached hydrogen (secondary N) is 1. The van der Waals surface area contributed by atoms with Crippen LogP contribution in [-0.2, 0) is 4.79 Å². The number of anilines is 1. The second-order valence-corrected chi connectivity index (χ2v) is 5.86. The molecule has 0 aliphatic carbocycles. The van der Waals surface area contributed by atoms with Crippen molar-refractivity contribution in [1.29, 1.82) is 0 Å². The van der Waals surface area contributed by atoms with Gasteiger partial charge in [-0.2, -0.15) is 0 Å². The number of amides is 1. The molecule has 0 heterocycles. The minimum Gasteiger partial charge on any atom is -0.497 e. The summed E-state index contributed by atoms with van der Waals surface area (Å²) >= 11 is 1.46. The molecule has 2 aromatic rings. The molecule has 1 N–H and O–H groups in total. The average Bonchev–Trinajstić information content (AvgIpc) is 2.62. The van der Waals surface area contributed by atoms with E-state index >= 15 is 0 Å². The second-order valence-electron chi connectivity index (χ2n) is 4.81. The van der Waals surface area contributed by atoms with E-state index in [1.807, 2.05) is 31.2 Å². The summed E-state index contributed by atoms with van der Waals surface area (Å²) in [6, 6.07) is 12.9. The van der Waals surface area contributed by atoms with E-state index < -0.39 is 0 Å². The first kappa shape index (κ1) is 18.0. The van der Waals surface area contributed by atoms with Crippen molar-refractivity contribution >= 4 is 23.4 Å². The Labute approximate surface area is 146 Å². The summed E-state index contributed by atoms with van der Waals surface area (Å²) in [6.07, 6.45) is 0. The quantitative estimate of drug-likeness (QED) is 0.736. The summed E-state index contributed by atoms with van der Waals surface area (Å²) < 4.78 is 15.8. The molecule has 0 aliphatic rings. The van der Waals surface area contributed by atoms with E-state index in [-0.39, 0.29) is 5.91 Å². The smallest absolute Gasteiger partial charge is 0.234 e. The zero-order valence-corrected chi connectivity index (χ0v) is 14.8. The van der Waals surface area contributed by atoms with E-state index in [0.717, 1.165) is 10.6 Å². The number of hydrogen-bond acceptors (Lipinski definition) is 5. The Morgan fingerprint density at radius 1 is 1.04 bits per heavy atom. The van der Waals surface area contributed by atoms with Gasteiger partial charge in [0.25, 0.3) is 0 Å². The molecule has 0 radical (unpaired) electrons. The van der Waals surface area contributed by atoms with Gasteiger partial charge in [0.2, 0.25) is 5.91 Å². The lowest BCUT2D eigenvalue weighted by Gasteiger charge is -2.11. The Morgan fingerprint density at radius 2 is 1.79 bits per heavy atom. The van der Waals surface area contributed by atoms with Gasteiger partial charge in [-0.1, -0.05) is 0 Å². The molecule has 2 aromatic carbocycles. The Kier molecular flexibility index (Phi) is 6.81. The number of carbonyl (C=O) groups is 1. The summed E-state index contributed by atoms with van der Waals surface area (Å²) in [5.74, 6) is 2.29. The van der Waals surface area contributed by atoms with Crippen LogP contribution in [-0.4, -0.2) is 32.5 Å². The normalized spacial score (nSPS) is 10.1. The number of rotatable bonds is 8. The van der Waals surface area contributed by atoms with Crippen LogP contribution >= 0.6 is 11.8 Å². The van der Waals surface area contributed by atoms with Crippen molar-refractivity contribution in [2.24, 2.45) is 0 Å². The number of carbonyl (C=O) groups excluding carboxylic acids is 1. The molecule has 0 atom stereocenters. The average molecular weight is 347 g/mol. The van der Waals surface area contributed by atoms with Gasteiger partial charge in [0.1, 0.15) is 5.75 Å². The minimum absolute atomic E-state index is 0.0815. The maximum atomic E-state index is 12.1. The van der Waals surface area contributed by atoms with Gasteiger partial charge in [0, 0.05) is 16.6 Å². The van der Waals surface area contributed by atoms with E-state index in [9.17, 15) is 4.79 Å². The van der Waals surface area contributed by atoms with Crippen LogP contribution in [0, 0.1) is 0 Å². The van der Waals surface area contributed by atoms with Crippen molar-refractivity contribution < 1.29 is 19.0 Å². The maximum Gasteiger partial charge on any atom is 0.234 e. The molecule has 0 saturated heterocycles. The monoisotopic (exact) mass is 347 g/mol. The van der Waals surface area contributed by atoms with E-state index in [1.54, 1.807) is 32.4 Å². The third-order valence-electron chi connectivity index (χ3n) is 3.18. The van der Waals surface area contributed by atoms with Gasteiger partial charge in [-0.05, 0) is 43.3 Å². The largest absolute Gasteiger partial charge is 0.497 e. The van der Waals surface area contributed by atoms with Gasteiger partial charge < -0.3 is 19.5 Å². The summed E-state index contributed by atoms with van der Waals surface area (Å²) in [7, 11) is 3.20. The summed E-state index contributed by atoms with van der Waals surface area (Å²) in [5, 5.41) is 2.86. The van der Waals surface area contributed by atoms with E-state index in [0.29, 0.717) is 29.5 Å². The van der Waals surface area contributed by atoms with Gasteiger partial charge in [-0.25, -0.2) is 0 Å². The maximum absolute atomic E-state index is 12.1. The standard InChI is InChI=1S/C18H21NO4S/c1-4-23-16-10-5-13(11-17(16)22-3)19-18(20)12-24-15-8-6-14(21-2)7-9-15/h5-11H,4,12H2,1-3H3,(H,19,20). The summed E-state index contributed by atoms with van der Waals surface area (Å²) in [4.78, 5) is 13.1. The van der Waals surface area contributed by atoms with Crippen molar-refractivity contribution in [3.05, 3.63) is 42.5 Å². The van der Waals surface area contributed by atoms with Crippen LogP contribution in [0.25, 0.3) is 0 Å². The lowest BCUT2D eigenvalue weighted by molar-refractivity contribution is -0.113. The Balaban J connectivity index is 1.91. The van der Waals surface area contributed by atoms with Crippen molar-refractivity contribution in [3.8, 4) is 17.2 Å². The summed E-state index contributed by atoms with van der Waals surface area (Å²) in [6.45, 7) is 2.46. The van der Waals surface area contributed by atoms with Gasteiger partial charge in [-0.3, -0.25) is 4.79 Å². The number of ether oxygens (including phenoxy) is 3. The van der Waals surface area contributed by atoms with Crippen LogP contribution in [0.1, 0.15) is 6.92 Å². The molecule has 128 valence electrons. The molecule has 2 rings (SSSR count). The molecule has 24 heavy (non-hydrogen) atoms. The molecular formula is C18H21NO4S. The number of thioether (sulfide) groups is 1. The van der Waals surface area contributed by atoms with Crippen molar-refractivity contribution in [1.82, 2.24) is 0 Å². The minimum atomic E-state index is -0.0815. The zero-order valence-electron chi connectivity index (χ0n) is 14.0. The van der Waals surface area contributed by atoms with Crippen LogP contribution in [0.15, 0.2) is 47.4 Å². The highest BCUT2D eigenvalue weighted by Crippen LogP contribution is 2.30. The molecule has 0 fully saturated rings. The van der Waals surface area contributed by atoms with Crippen LogP contribution in [0.2, 0.25) is 0 Å². The first-order valence-electron chi connectivity index (χ1n) is 7.53. The van der Waals surface area contributed by atoms with E-state index in [2.05, 4.69) is 5.32 Å². The number of methoxy groups -OCH3 is 2. The van der Waals surface area contributed by atoms with Crippen molar-refractivity contribution in [2.45, 2.75) is 11.8 Å². The lowest BCUT2D eigenvalue weighted by Crippen LogP contribution is -2.14.